The number of halogens is 1. The Hall–Kier alpha value is -2.83. The van der Waals surface area contributed by atoms with E-state index < -0.39 is 0 Å². The number of hydrogen-bond acceptors (Lipinski definition) is 5. The predicted octanol–water partition coefficient (Wildman–Crippen LogP) is 4.05. The van der Waals surface area contributed by atoms with Crippen LogP contribution in [0.1, 0.15) is 26.3 Å². The van der Waals surface area contributed by atoms with E-state index in [1.54, 1.807) is 24.3 Å². The lowest BCUT2D eigenvalue weighted by molar-refractivity contribution is -0.120. The zero-order chi connectivity index (χ0) is 22.8. The smallest absolute Gasteiger partial charge is 0.282 e. The molecule has 0 unspecified atom stereocenters. The highest BCUT2D eigenvalue weighted by Gasteiger charge is 2.43. The van der Waals surface area contributed by atoms with Gasteiger partial charge in [0, 0.05) is 31.2 Å². The minimum atomic E-state index is -0.331. The van der Waals surface area contributed by atoms with Crippen LogP contribution in [0.25, 0.3) is 5.57 Å². The third-order valence-electron chi connectivity index (χ3n) is 5.78. The SMILES string of the molecule is CCN1CCN(C2=C(c3ccc(OC(C)C)cc3)C(=O)N(c3cccc(Cl)c3)C2=O)CC1. The summed E-state index contributed by atoms with van der Waals surface area (Å²) < 4.78 is 5.74. The first-order valence-corrected chi connectivity index (χ1v) is 11.4. The first-order valence-electron chi connectivity index (χ1n) is 11.0. The predicted molar refractivity (Wildman–Crippen MR) is 127 cm³/mol. The van der Waals surface area contributed by atoms with Crippen molar-refractivity contribution in [3.63, 3.8) is 0 Å². The zero-order valence-electron chi connectivity index (χ0n) is 18.7. The van der Waals surface area contributed by atoms with E-state index >= 15 is 0 Å². The Kier molecular flexibility index (Phi) is 6.53. The molecule has 7 heteroatoms. The van der Waals surface area contributed by atoms with Crippen molar-refractivity contribution < 1.29 is 14.3 Å². The van der Waals surface area contributed by atoms with Crippen LogP contribution in [-0.2, 0) is 9.59 Å². The van der Waals surface area contributed by atoms with Gasteiger partial charge in [0.25, 0.3) is 11.8 Å². The van der Waals surface area contributed by atoms with Crippen LogP contribution in [0.4, 0.5) is 5.69 Å². The van der Waals surface area contributed by atoms with E-state index in [1.165, 1.54) is 4.90 Å². The molecular formula is C25H28ClN3O3. The normalized spacial score (nSPS) is 17.7. The van der Waals surface area contributed by atoms with Crippen molar-refractivity contribution in [3.05, 3.63) is 64.8 Å². The highest BCUT2D eigenvalue weighted by molar-refractivity contribution is 6.45. The van der Waals surface area contributed by atoms with Crippen molar-refractivity contribution in [1.82, 2.24) is 9.80 Å². The third-order valence-corrected chi connectivity index (χ3v) is 6.01. The van der Waals surface area contributed by atoms with Crippen LogP contribution < -0.4 is 9.64 Å². The van der Waals surface area contributed by atoms with Gasteiger partial charge >= 0.3 is 0 Å². The molecule has 2 aliphatic rings. The molecule has 0 spiro atoms. The van der Waals surface area contributed by atoms with Crippen molar-refractivity contribution in [3.8, 4) is 5.75 Å². The van der Waals surface area contributed by atoms with Crippen LogP contribution in [0, 0.1) is 0 Å². The fourth-order valence-corrected chi connectivity index (χ4v) is 4.37. The van der Waals surface area contributed by atoms with Crippen molar-refractivity contribution in [2.45, 2.75) is 26.9 Å². The molecular weight excluding hydrogens is 426 g/mol. The molecule has 32 heavy (non-hydrogen) atoms. The quantitative estimate of drug-likeness (QED) is 0.617. The molecule has 4 rings (SSSR count). The average molecular weight is 454 g/mol. The molecule has 2 aromatic rings. The highest BCUT2D eigenvalue weighted by atomic mass is 35.5. The standard InChI is InChI=1S/C25H28ClN3O3/c1-4-27-12-14-28(15-13-27)23-22(18-8-10-21(11-9-18)32-17(2)3)24(30)29(25(23)31)20-7-5-6-19(26)16-20/h5-11,16-17H,4,12-15H2,1-3H3. The molecule has 2 aliphatic heterocycles. The maximum absolute atomic E-state index is 13.6. The molecule has 168 valence electrons. The molecule has 0 atom stereocenters. The lowest BCUT2D eigenvalue weighted by atomic mass is 10.0. The topological polar surface area (TPSA) is 53.1 Å². The van der Waals surface area contributed by atoms with Gasteiger partial charge in [0.2, 0.25) is 0 Å². The van der Waals surface area contributed by atoms with E-state index in [2.05, 4.69) is 11.8 Å². The number of amides is 2. The maximum atomic E-state index is 13.6. The van der Waals surface area contributed by atoms with Gasteiger partial charge in [-0.15, -0.1) is 0 Å². The summed E-state index contributed by atoms with van der Waals surface area (Å²) >= 11 is 6.16. The second-order valence-corrected chi connectivity index (χ2v) is 8.70. The number of rotatable bonds is 6. The Morgan fingerprint density at radius 2 is 1.66 bits per heavy atom. The van der Waals surface area contributed by atoms with Crippen molar-refractivity contribution >= 4 is 34.7 Å². The number of imide groups is 1. The third kappa shape index (κ3) is 4.38. The molecule has 0 N–H and O–H groups in total. The summed E-state index contributed by atoms with van der Waals surface area (Å²) in [6.45, 7) is 10.1. The monoisotopic (exact) mass is 453 g/mol. The summed E-state index contributed by atoms with van der Waals surface area (Å²) in [5.41, 5.74) is 2.07. The van der Waals surface area contributed by atoms with Gasteiger partial charge in [-0.25, -0.2) is 4.90 Å². The Morgan fingerprint density at radius 1 is 0.969 bits per heavy atom. The van der Waals surface area contributed by atoms with Crippen LogP contribution in [-0.4, -0.2) is 60.4 Å². The molecule has 1 saturated heterocycles. The van der Waals surface area contributed by atoms with Crippen molar-refractivity contribution in [2.75, 3.05) is 37.6 Å². The summed E-state index contributed by atoms with van der Waals surface area (Å²) in [6.07, 6.45) is 0.0542. The van der Waals surface area contributed by atoms with Gasteiger partial charge in [-0.2, -0.15) is 0 Å². The van der Waals surface area contributed by atoms with Gasteiger partial charge in [-0.3, -0.25) is 9.59 Å². The fourth-order valence-electron chi connectivity index (χ4n) is 4.18. The van der Waals surface area contributed by atoms with Crippen molar-refractivity contribution in [1.29, 1.82) is 0 Å². The molecule has 2 amide bonds. The van der Waals surface area contributed by atoms with Gasteiger partial charge in [-0.1, -0.05) is 36.7 Å². The molecule has 0 radical (unpaired) electrons. The van der Waals surface area contributed by atoms with Gasteiger partial charge < -0.3 is 14.5 Å². The molecule has 0 saturated carbocycles. The molecule has 1 fully saturated rings. The van der Waals surface area contributed by atoms with Gasteiger partial charge in [-0.05, 0) is 56.3 Å². The minimum absolute atomic E-state index is 0.0542. The van der Waals surface area contributed by atoms with Crippen LogP contribution in [0.5, 0.6) is 5.75 Å². The summed E-state index contributed by atoms with van der Waals surface area (Å²) in [6, 6.07) is 14.2. The van der Waals surface area contributed by atoms with E-state index in [4.69, 9.17) is 16.3 Å². The Labute approximate surface area is 194 Å². The summed E-state index contributed by atoms with van der Waals surface area (Å²) in [7, 11) is 0. The largest absolute Gasteiger partial charge is 0.491 e. The minimum Gasteiger partial charge on any atom is -0.491 e. The number of likely N-dealkylation sites (N-methyl/N-ethyl adjacent to an activating group) is 1. The molecule has 2 heterocycles. The van der Waals surface area contributed by atoms with Gasteiger partial charge in [0.05, 0.1) is 17.4 Å². The van der Waals surface area contributed by atoms with E-state index in [1.807, 2.05) is 43.0 Å². The number of carbonyl (C=O) groups excluding carboxylic acids is 2. The van der Waals surface area contributed by atoms with E-state index in [-0.39, 0.29) is 17.9 Å². The number of anilines is 1. The number of benzene rings is 2. The van der Waals surface area contributed by atoms with Gasteiger partial charge in [0.1, 0.15) is 11.4 Å². The second-order valence-electron chi connectivity index (χ2n) is 8.26. The number of ether oxygens (including phenoxy) is 1. The van der Waals surface area contributed by atoms with Crippen molar-refractivity contribution in [2.24, 2.45) is 0 Å². The lowest BCUT2D eigenvalue weighted by Gasteiger charge is -2.36. The van der Waals surface area contributed by atoms with E-state index in [0.29, 0.717) is 40.6 Å². The number of nitrogens with zero attached hydrogens (tertiary/aromatic N) is 3. The molecule has 0 bridgehead atoms. The first kappa shape index (κ1) is 22.4. The summed E-state index contributed by atoms with van der Waals surface area (Å²) in [5.74, 6) is 0.0911. The Morgan fingerprint density at radius 3 is 2.25 bits per heavy atom. The number of hydrogen-bond donors (Lipinski definition) is 0. The molecule has 6 nitrogen and oxygen atoms in total. The van der Waals surface area contributed by atoms with E-state index in [9.17, 15) is 9.59 Å². The Bertz CT molecular complexity index is 1040. The van der Waals surface area contributed by atoms with E-state index in [0.717, 1.165) is 25.4 Å². The second kappa shape index (κ2) is 9.35. The van der Waals surface area contributed by atoms with Crippen LogP contribution in [0.15, 0.2) is 54.2 Å². The summed E-state index contributed by atoms with van der Waals surface area (Å²) in [5, 5.41) is 0.477. The first-order chi connectivity index (χ1) is 15.4. The fraction of sp³-hybridized carbons (Fsp3) is 0.360. The van der Waals surface area contributed by atoms with Crippen LogP contribution in [0.2, 0.25) is 5.02 Å². The zero-order valence-corrected chi connectivity index (χ0v) is 19.4. The Balaban J connectivity index is 1.74. The maximum Gasteiger partial charge on any atom is 0.282 e. The molecule has 2 aromatic carbocycles. The van der Waals surface area contributed by atoms with Crippen LogP contribution >= 0.6 is 11.6 Å². The average Bonchev–Trinajstić information content (AvgIpc) is 3.04. The number of piperazine rings is 1. The molecule has 0 aliphatic carbocycles. The number of carbonyl (C=O) groups is 2. The van der Waals surface area contributed by atoms with Crippen LogP contribution in [0.3, 0.4) is 0 Å². The highest BCUT2D eigenvalue weighted by Crippen LogP contribution is 2.36. The van der Waals surface area contributed by atoms with Gasteiger partial charge in [0.15, 0.2) is 0 Å². The lowest BCUT2D eigenvalue weighted by Crippen LogP contribution is -2.47. The summed E-state index contributed by atoms with van der Waals surface area (Å²) in [4.78, 5) is 32.8. The molecule has 0 aromatic heterocycles.